The van der Waals surface area contributed by atoms with Crippen LogP contribution in [0.5, 0.6) is 6.01 Å². The van der Waals surface area contributed by atoms with Crippen molar-refractivity contribution in [1.82, 2.24) is 15.0 Å². The average molecular weight is 271 g/mol. The van der Waals surface area contributed by atoms with Crippen LogP contribution in [0.2, 0.25) is 5.28 Å². The van der Waals surface area contributed by atoms with Gasteiger partial charge in [0.05, 0.1) is 6.10 Å². The molecule has 0 aliphatic carbocycles. The minimum absolute atomic E-state index is 0.0971. The van der Waals surface area contributed by atoms with E-state index >= 15 is 0 Å². The monoisotopic (exact) mass is 270 g/mol. The third kappa shape index (κ3) is 3.45. The van der Waals surface area contributed by atoms with E-state index in [0.29, 0.717) is 12.0 Å². The van der Waals surface area contributed by atoms with Crippen molar-refractivity contribution in [3.63, 3.8) is 0 Å². The van der Waals surface area contributed by atoms with Crippen LogP contribution in [0.1, 0.15) is 39.5 Å². The zero-order chi connectivity index (χ0) is 13.0. The van der Waals surface area contributed by atoms with Gasteiger partial charge in [0.1, 0.15) is 0 Å². The van der Waals surface area contributed by atoms with Crippen LogP contribution in [-0.4, -0.2) is 34.1 Å². The maximum atomic E-state index is 5.92. The SMILES string of the molecule is CCCC(C)Oc1nc(Cl)nc(N2CCCC2)n1. The van der Waals surface area contributed by atoms with E-state index in [2.05, 4.69) is 26.8 Å². The summed E-state index contributed by atoms with van der Waals surface area (Å²) in [6.07, 6.45) is 4.48. The molecule has 1 aromatic heterocycles. The Hall–Kier alpha value is -1.10. The molecule has 5 nitrogen and oxygen atoms in total. The fraction of sp³-hybridized carbons (Fsp3) is 0.750. The second kappa shape index (κ2) is 6.18. The largest absolute Gasteiger partial charge is 0.460 e. The van der Waals surface area contributed by atoms with Gasteiger partial charge in [0.15, 0.2) is 0 Å². The molecule has 1 aromatic rings. The molecule has 1 atom stereocenters. The molecule has 1 aliphatic heterocycles. The maximum absolute atomic E-state index is 5.92. The molecule has 6 heteroatoms. The van der Waals surface area contributed by atoms with Crippen LogP contribution in [0.4, 0.5) is 5.95 Å². The van der Waals surface area contributed by atoms with Crippen molar-refractivity contribution >= 4 is 17.5 Å². The topological polar surface area (TPSA) is 51.1 Å². The first-order chi connectivity index (χ1) is 8.69. The summed E-state index contributed by atoms with van der Waals surface area (Å²) in [6.45, 7) is 6.08. The zero-order valence-electron chi connectivity index (χ0n) is 10.9. The van der Waals surface area contributed by atoms with Crippen LogP contribution in [0.15, 0.2) is 0 Å². The summed E-state index contributed by atoms with van der Waals surface area (Å²) in [5.41, 5.74) is 0. The van der Waals surface area contributed by atoms with Crippen molar-refractivity contribution < 1.29 is 4.74 Å². The number of ether oxygens (including phenoxy) is 1. The van der Waals surface area contributed by atoms with Crippen molar-refractivity contribution in [2.45, 2.75) is 45.6 Å². The smallest absolute Gasteiger partial charge is 0.322 e. The van der Waals surface area contributed by atoms with Gasteiger partial charge in [-0.2, -0.15) is 15.0 Å². The first-order valence-electron chi connectivity index (χ1n) is 6.52. The highest BCUT2D eigenvalue weighted by atomic mass is 35.5. The molecule has 1 saturated heterocycles. The van der Waals surface area contributed by atoms with E-state index in [0.717, 1.165) is 25.9 Å². The van der Waals surface area contributed by atoms with Gasteiger partial charge in [0, 0.05) is 13.1 Å². The van der Waals surface area contributed by atoms with E-state index in [4.69, 9.17) is 16.3 Å². The number of hydrogen-bond acceptors (Lipinski definition) is 5. The van der Waals surface area contributed by atoms with Crippen LogP contribution in [0, 0.1) is 0 Å². The molecule has 0 bridgehead atoms. The number of nitrogens with zero attached hydrogens (tertiary/aromatic N) is 4. The Labute approximate surface area is 113 Å². The Morgan fingerprint density at radius 3 is 2.67 bits per heavy atom. The summed E-state index contributed by atoms with van der Waals surface area (Å²) < 4.78 is 5.66. The molecule has 100 valence electrons. The standard InChI is InChI=1S/C12H19ClN4O/c1-3-6-9(2)18-12-15-10(13)14-11(16-12)17-7-4-5-8-17/h9H,3-8H2,1-2H3. The first-order valence-corrected chi connectivity index (χ1v) is 6.90. The van der Waals surface area contributed by atoms with E-state index in [1.807, 2.05) is 6.92 Å². The molecule has 0 amide bonds. The molecule has 0 spiro atoms. The predicted octanol–water partition coefficient (Wildman–Crippen LogP) is 2.69. The lowest BCUT2D eigenvalue weighted by Gasteiger charge is -2.17. The number of anilines is 1. The summed E-state index contributed by atoms with van der Waals surface area (Å²) in [6, 6.07) is 0.331. The molecule has 2 heterocycles. The second-order valence-corrected chi connectivity index (χ2v) is 4.94. The Kier molecular flexibility index (Phi) is 4.58. The summed E-state index contributed by atoms with van der Waals surface area (Å²) in [5, 5.41) is 0.200. The lowest BCUT2D eigenvalue weighted by Crippen LogP contribution is -2.22. The lowest BCUT2D eigenvalue weighted by molar-refractivity contribution is 0.192. The molecule has 1 fully saturated rings. The minimum Gasteiger partial charge on any atom is -0.460 e. The summed E-state index contributed by atoms with van der Waals surface area (Å²) >= 11 is 5.92. The Morgan fingerprint density at radius 1 is 1.28 bits per heavy atom. The van der Waals surface area contributed by atoms with Gasteiger partial charge in [-0.3, -0.25) is 0 Å². The quantitative estimate of drug-likeness (QED) is 0.823. The third-order valence-electron chi connectivity index (χ3n) is 2.97. The van der Waals surface area contributed by atoms with Crippen molar-refractivity contribution in [2.24, 2.45) is 0 Å². The molecular formula is C12H19ClN4O. The molecule has 2 rings (SSSR count). The lowest BCUT2D eigenvalue weighted by atomic mass is 10.2. The number of hydrogen-bond donors (Lipinski definition) is 0. The van der Waals surface area contributed by atoms with Crippen LogP contribution >= 0.6 is 11.6 Å². The first kappa shape index (κ1) is 13.3. The van der Waals surface area contributed by atoms with E-state index in [1.54, 1.807) is 0 Å². The van der Waals surface area contributed by atoms with Crippen LogP contribution in [-0.2, 0) is 0 Å². The molecule has 1 unspecified atom stereocenters. The molecule has 18 heavy (non-hydrogen) atoms. The van der Waals surface area contributed by atoms with Gasteiger partial charge >= 0.3 is 6.01 Å². The molecule has 0 aromatic carbocycles. The Bertz CT molecular complexity index is 396. The molecular weight excluding hydrogens is 252 g/mol. The van der Waals surface area contributed by atoms with Gasteiger partial charge in [0.2, 0.25) is 11.2 Å². The van der Waals surface area contributed by atoms with E-state index in [9.17, 15) is 0 Å². The summed E-state index contributed by atoms with van der Waals surface area (Å²) in [5.74, 6) is 0.631. The highest BCUT2D eigenvalue weighted by molar-refractivity contribution is 6.28. The van der Waals surface area contributed by atoms with Gasteiger partial charge in [0.25, 0.3) is 0 Å². The van der Waals surface area contributed by atoms with Gasteiger partial charge in [-0.05, 0) is 37.8 Å². The van der Waals surface area contributed by atoms with E-state index in [-0.39, 0.29) is 11.4 Å². The van der Waals surface area contributed by atoms with Crippen LogP contribution in [0.25, 0.3) is 0 Å². The van der Waals surface area contributed by atoms with Gasteiger partial charge in [-0.25, -0.2) is 0 Å². The number of halogens is 1. The van der Waals surface area contributed by atoms with Crippen molar-refractivity contribution in [1.29, 1.82) is 0 Å². The highest BCUT2D eigenvalue weighted by Crippen LogP contribution is 2.20. The maximum Gasteiger partial charge on any atom is 0.322 e. The van der Waals surface area contributed by atoms with Gasteiger partial charge in [-0.1, -0.05) is 13.3 Å². The van der Waals surface area contributed by atoms with Gasteiger partial charge in [-0.15, -0.1) is 0 Å². The number of aromatic nitrogens is 3. The zero-order valence-corrected chi connectivity index (χ0v) is 11.7. The third-order valence-corrected chi connectivity index (χ3v) is 3.14. The summed E-state index contributed by atoms with van der Waals surface area (Å²) in [4.78, 5) is 14.6. The molecule has 0 saturated carbocycles. The van der Waals surface area contributed by atoms with Crippen LogP contribution < -0.4 is 9.64 Å². The average Bonchev–Trinajstić information content (AvgIpc) is 2.81. The molecule has 1 aliphatic rings. The fourth-order valence-corrected chi connectivity index (χ4v) is 2.23. The molecule has 0 N–H and O–H groups in total. The van der Waals surface area contributed by atoms with E-state index < -0.39 is 0 Å². The Balaban J connectivity index is 2.10. The van der Waals surface area contributed by atoms with E-state index in [1.165, 1.54) is 12.8 Å². The van der Waals surface area contributed by atoms with Gasteiger partial charge < -0.3 is 9.64 Å². The highest BCUT2D eigenvalue weighted by Gasteiger charge is 2.18. The van der Waals surface area contributed by atoms with Crippen LogP contribution in [0.3, 0.4) is 0 Å². The Morgan fingerprint density at radius 2 is 2.00 bits per heavy atom. The fourth-order valence-electron chi connectivity index (χ4n) is 2.08. The normalized spacial score (nSPS) is 16.9. The summed E-state index contributed by atoms with van der Waals surface area (Å²) in [7, 11) is 0. The second-order valence-electron chi connectivity index (χ2n) is 4.60. The minimum atomic E-state index is 0.0971. The van der Waals surface area contributed by atoms with Crippen molar-refractivity contribution in [3.05, 3.63) is 5.28 Å². The molecule has 0 radical (unpaired) electrons. The predicted molar refractivity (Wildman–Crippen MR) is 71.3 cm³/mol. The van der Waals surface area contributed by atoms with Crippen molar-refractivity contribution in [2.75, 3.05) is 18.0 Å². The van der Waals surface area contributed by atoms with Crippen molar-refractivity contribution in [3.8, 4) is 6.01 Å². The number of rotatable bonds is 5.